The molecule has 1 aliphatic rings. The Labute approximate surface area is 190 Å². The molecule has 0 saturated carbocycles. The lowest BCUT2D eigenvalue weighted by Crippen LogP contribution is -2.44. The van der Waals surface area contributed by atoms with Crippen molar-refractivity contribution in [3.63, 3.8) is 0 Å². The maximum Gasteiger partial charge on any atom is 0.248 e. The Morgan fingerprint density at radius 2 is 2.00 bits per heavy atom. The van der Waals surface area contributed by atoms with Crippen molar-refractivity contribution in [2.75, 3.05) is 24.5 Å². The second-order valence-electron chi connectivity index (χ2n) is 7.17. The summed E-state index contributed by atoms with van der Waals surface area (Å²) in [6, 6.07) is 16.3. The van der Waals surface area contributed by atoms with E-state index < -0.39 is 5.91 Å². The van der Waals surface area contributed by atoms with Crippen LogP contribution in [0.25, 0.3) is 0 Å². The Hall–Kier alpha value is -2.29. The SMILES string of the molecule is CCNC(=NCc1cccc(C(N)=O)c1)NC1CCN(c2ccc(C)cc2)C1.I. The van der Waals surface area contributed by atoms with Gasteiger partial charge in [0.25, 0.3) is 0 Å². The molecule has 2 aromatic carbocycles. The highest BCUT2D eigenvalue weighted by atomic mass is 127. The monoisotopic (exact) mass is 507 g/mol. The van der Waals surface area contributed by atoms with E-state index in [0.29, 0.717) is 18.2 Å². The van der Waals surface area contributed by atoms with Crippen LogP contribution >= 0.6 is 24.0 Å². The average molecular weight is 507 g/mol. The van der Waals surface area contributed by atoms with E-state index in [-0.39, 0.29) is 24.0 Å². The lowest BCUT2D eigenvalue weighted by atomic mass is 10.1. The largest absolute Gasteiger partial charge is 0.369 e. The van der Waals surface area contributed by atoms with Crippen LogP contribution in [-0.4, -0.2) is 37.5 Å². The maximum absolute atomic E-state index is 11.3. The molecule has 156 valence electrons. The summed E-state index contributed by atoms with van der Waals surface area (Å²) in [5, 5.41) is 6.85. The molecule has 1 amide bonds. The zero-order chi connectivity index (χ0) is 19.9. The van der Waals surface area contributed by atoms with Gasteiger partial charge >= 0.3 is 0 Å². The fourth-order valence-electron chi connectivity index (χ4n) is 3.37. The van der Waals surface area contributed by atoms with Crippen molar-refractivity contribution in [3.05, 3.63) is 65.2 Å². The molecule has 0 radical (unpaired) electrons. The number of nitrogens with zero attached hydrogens (tertiary/aromatic N) is 2. The van der Waals surface area contributed by atoms with Crippen LogP contribution in [0.1, 0.15) is 34.8 Å². The van der Waals surface area contributed by atoms with Gasteiger partial charge in [-0.15, -0.1) is 24.0 Å². The van der Waals surface area contributed by atoms with Gasteiger partial charge < -0.3 is 21.3 Å². The second-order valence-corrected chi connectivity index (χ2v) is 7.17. The summed E-state index contributed by atoms with van der Waals surface area (Å²) < 4.78 is 0. The molecular weight excluding hydrogens is 477 g/mol. The fourth-order valence-corrected chi connectivity index (χ4v) is 3.37. The average Bonchev–Trinajstić information content (AvgIpc) is 3.15. The molecule has 4 N–H and O–H groups in total. The second kappa shape index (κ2) is 11.0. The van der Waals surface area contributed by atoms with Crippen LogP contribution in [0.2, 0.25) is 0 Å². The number of hydrogen-bond donors (Lipinski definition) is 3. The van der Waals surface area contributed by atoms with Crippen molar-refractivity contribution >= 4 is 41.5 Å². The highest BCUT2D eigenvalue weighted by Gasteiger charge is 2.23. The van der Waals surface area contributed by atoms with Gasteiger partial charge in [-0.2, -0.15) is 0 Å². The topological polar surface area (TPSA) is 82.7 Å². The van der Waals surface area contributed by atoms with Crippen LogP contribution in [0.15, 0.2) is 53.5 Å². The third-order valence-corrected chi connectivity index (χ3v) is 4.90. The number of rotatable bonds is 6. The fraction of sp³-hybridized carbons (Fsp3) is 0.364. The van der Waals surface area contributed by atoms with Gasteiger partial charge in [0.15, 0.2) is 5.96 Å². The molecule has 1 aliphatic heterocycles. The van der Waals surface area contributed by atoms with E-state index in [0.717, 1.165) is 37.6 Å². The normalized spacial score (nSPS) is 16.3. The minimum absolute atomic E-state index is 0. The molecule has 1 saturated heterocycles. The zero-order valence-electron chi connectivity index (χ0n) is 17.0. The van der Waals surface area contributed by atoms with Crippen LogP contribution < -0.4 is 21.3 Å². The Kier molecular flexibility index (Phi) is 8.75. The summed E-state index contributed by atoms with van der Waals surface area (Å²) in [6.07, 6.45) is 1.06. The summed E-state index contributed by atoms with van der Waals surface area (Å²) in [5.41, 5.74) is 9.37. The Morgan fingerprint density at radius 1 is 1.24 bits per heavy atom. The Morgan fingerprint density at radius 3 is 2.69 bits per heavy atom. The van der Waals surface area contributed by atoms with Gasteiger partial charge in [-0.3, -0.25) is 4.79 Å². The standard InChI is InChI=1S/C22H29N5O.HI/c1-3-24-22(25-14-17-5-4-6-18(13-17)21(23)28)26-19-11-12-27(15-19)20-9-7-16(2)8-10-20;/h4-10,13,19H,3,11-12,14-15H2,1-2H3,(H2,23,28)(H2,24,25,26);1H. The maximum atomic E-state index is 11.3. The van der Waals surface area contributed by atoms with Gasteiger partial charge in [-0.25, -0.2) is 4.99 Å². The number of benzene rings is 2. The molecule has 1 heterocycles. The number of carbonyl (C=O) groups excluding carboxylic acids is 1. The Balaban J connectivity index is 0.00000300. The van der Waals surface area contributed by atoms with Crippen LogP contribution in [0.5, 0.6) is 0 Å². The Bertz CT molecular complexity index is 837. The number of primary amides is 1. The van der Waals surface area contributed by atoms with Crippen LogP contribution in [-0.2, 0) is 6.54 Å². The first kappa shape index (κ1) is 23.0. The van der Waals surface area contributed by atoms with E-state index in [1.807, 2.05) is 12.1 Å². The predicted molar refractivity (Wildman–Crippen MR) is 130 cm³/mol. The number of anilines is 1. The number of aliphatic imine (C=N–C) groups is 1. The molecule has 6 nitrogen and oxygen atoms in total. The molecular formula is C22H30IN5O. The van der Waals surface area contributed by atoms with Crippen LogP contribution in [0, 0.1) is 6.92 Å². The molecule has 1 unspecified atom stereocenters. The lowest BCUT2D eigenvalue weighted by Gasteiger charge is -2.20. The molecule has 7 heteroatoms. The van der Waals surface area contributed by atoms with Crippen molar-refractivity contribution in [1.29, 1.82) is 0 Å². The van der Waals surface area contributed by atoms with Gasteiger partial charge in [-0.1, -0.05) is 29.8 Å². The number of halogens is 1. The number of nitrogens with one attached hydrogen (secondary N) is 2. The summed E-state index contributed by atoms with van der Waals surface area (Å²) in [4.78, 5) is 18.4. The van der Waals surface area contributed by atoms with E-state index >= 15 is 0 Å². The number of carbonyl (C=O) groups is 1. The molecule has 0 aliphatic carbocycles. The number of guanidine groups is 1. The van der Waals surface area contributed by atoms with E-state index in [9.17, 15) is 4.79 Å². The lowest BCUT2D eigenvalue weighted by molar-refractivity contribution is 0.1000. The van der Waals surface area contributed by atoms with E-state index in [1.54, 1.807) is 12.1 Å². The van der Waals surface area contributed by atoms with Gasteiger partial charge in [0.1, 0.15) is 0 Å². The van der Waals surface area contributed by atoms with Crippen molar-refractivity contribution < 1.29 is 4.79 Å². The summed E-state index contributed by atoms with van der Waals surface area (Å²) in [7, 11) is 0. The number of amides is 1. The predicted octanol–water partition coefficient (Wildman–Crippen LogP) is 3.05. The number of aryl methyl sites for hydroxylation is 1. The first-order valence-electron chi connectivity index (χ1n) is 9.80. The minimum Gasteiger partial charge on any atom is -0.369 e. The van der Waals surface area contributed by atoms with E-state index in [4.69, 9.17) is 5.73 Å². The first-order valence-corrected chi connectivity index (χ1v) is 9.80. The smallest absolute Gasteiger partial charge is 0.248 e. The molecule has 1 atom stereocenters. The van der Waals surface area contributed by atoms with Gasteiger partial charge in [0.05, 0.1) is 6.54 Å². The zero-order valence-corrected chi connectivity index (χ0v) is 19.4. The minimum atomic E-state index is -0.419. The van der Waals surface area contributed by atoms with Crippen LogP contribution in [0.4, 0.5) is 5.69 Å². The molecule has 0 bridgehead atoms. The molecule has 1 fully saturated rings. The van der Waals surface area contributed by atoms with Crippen molar-refractivity contribution in [2.24, 2.45) is 10.7 Å². The van der Waals surface area contributed by atoms with E-state index in [2.05, 4.69) is 58.6 Å². The molecule has 0 aromatic heterocycles. The molecule has 0 spiro atoms. The summed E-state index contributed by atoms with van der Waals surface area (Å²) >= 11 is 0. The number of hydrogen-bond acceptors (Lipinski definition) is 3. The summed E-state index contributed by atoms with van der Waals surface area (Å²) in [5.74, 6) is 0.376. The molecule has 29 heavy (non-hydrogen) atoms. The third kappa shape index (κ3) is 6.62. The van der Waals surface area contributed by atoms with Gasteiger partial charge in [-0.05, 0) is 50.1 Å². The van der Waals surface area contributed by atoms with Gasteiger partial charge in [0.2, 0.25) is 5.91 Å². The van der Waals surface area contributed by atoms with Crippen molar-refractivity contribution in [1.82, 2.24) is 10.6 Å². The summed E-state index contributed by atoms with van der Waals surface area (Å²) in [6.45, 7) is 7.42. The van der Waals surface area contributed by atoms with E-state index in [1.165, 1.54) is 11.3 Å². The highest BCUT2D eigenvalue weighted by Crippen LogP contribution is 2.20. The third-order valence-electron chi connectivity index (χ3n) is 4.90. The highest BCUT2D eigenvalue weighted by molar-refractivity contribution is 14.0. The van der Waals surface area contributed by atoms with Crippen molar-refractivity contribution in [3.8, 4) is 0 Å². The first-order chi connectivity index (χ1) is 13.5. The number of nitrogens with two attached hydrogens (primary N) is 1. The van der Waals surface area contributed by atoms with Gasteiger partial charge in [0, 0.05) is 36.9 Å². The molecule has 3 rings (SSSR count). The van der Waals surface area contributed by atoms with Crippen molar-refractivity contribution in [2.45, 2.75) is 32.9 Å². The molecule has 2 aromatic rings. The quantitative estimate of drug-likeness (QED) is 0.319. The van der Waals surface area contributed by atoms with Crippen LogP contribution in [0.3, 0.4) is 0 Å².